The van der Waals surface area contributed by atoms with Gasteiger partial charge < -0.3 is 9.67 Å². The topological polar surface area (TPSA) is 133 Å². The van der Waals surface area contributed by atoms with Crippen LogP contribution in [0.5, 0.6) is 0 Å². The van der Waals surface area contributed by atoms with Crippen LogP contribution in [0.25, 0.3) is 11.2 Å². The van der Waals surface area contributed by atoms with Gasteiger partial charge in [-0.25, -0.2) is 20.1 Å². The van der Waals surface area contributed by atoms with Gasteiger partial charge in [0, 0.05) is 0 Å². The van der Waals surface area contributed by atoms with E-state index in [-0.39, 0.29) is 24.5 Å². The SMILES string of the molecule is C[C@@H]1[C@@H](COS(N)(=O)=O)C[C@@H](n2cnc3c(CCc4ccccc4)ncnc32)[C@]1(C)O. The molecule has 0 spiro atoms. The van der Waals surface area contributed by atoms with Gasteiger partial charge in [-0.3, -0.25) is 4.18 Å². The average molecular weight is 446 g/mol. The molecule has 3 aromatic rings. The lowest BCUT2D eigenvalue weighted by atomic mass is 9.88. The van der Waals surface area contributed by atoms with Crippen LogP contribution in [0.4, 0.5) is 0 Å². The Hall–Kier alpha value is -2.40. The molecular formula is C21H27N5O4S. The lowest BCUT2D eigenvalue weighted by Gasteiger charge is -2.31. The molecule has 1 saturated carbocycles. The number of imidazole rings is 1. The summed E-state index contributed by atoms with van der Waals surface area (Å²) >= 11 is 0. The van der Waals surface area contributed by atoms with Crippen molar-refractivity contribution in [2.75, 3.05) is 6.61 Å². The number of benzene rings is 1. The van der Waals surface area contributed by atoms with Crippen molar-refractivity contribution >= 4 is 21.5 Å². The van der Waals surface area contributed by atoms with Crippen LogP contribution in [-0.2, 0) is 27.3 Å². The van der Waals surface area contributed by atoms with Gasteiger partial charge >= 0.3 is 10.3 Å². The Morgan fingerprint density at radius 1 is 1.23 bits per heavy atom. The summed E-state index contributed by atoms with van der Waals surface area (Å²) in [7, 11) is -4.03. The Kier molecular flexibility index (Phi) is 5.82. The average Bonchev–Trinajstić information content (AvgIpc) is 3.24. The maximum Gasteiger partial charge on any atom is 0.333 e. The first-order chi connectivity index (χ1) is 14.7. The summed E-state index contributed by atoms with van der Waals surface area (Å²) in [5, 5.41) is 16.2. The molecule has 0 bridgehead atoms. The van der Waals surface area contributed by atoms with Gasteiger partial charge in [-0.2, -0.15) is 8.42 Å². The van der Waals surface area contributed by atoms with Gasteiger partial charge in [-0.05, 0) is 43.6 Å². The van der Waals surface area contributed by atoms with Gasteiger partial charge in [-0.1, -0.05) is 37.3 Å². The predicted octanol–water partition coefficient (Wildman–Crippen LogP) is 1.78. The van der Waals surface area contributed by atoms with Crippen molar-refractivity contribution in [3.8, 4) is 0 Å². The summed E-state index contributed by atoms with van der Waals surface area (Å²) in [6.45, 7) is 3.57. The number of nitrogens with zero attached hydrogens (tertiary/aromatic N) is 4. The Morgan fingerprint density at radius 3 is 2.68 bits per heavy atom. The first kappa shape index (κ1) is 21.8. The number of hydrogen-bond acceptors (Lipinski definition) is 7. The van der Waals surface area contributed by atoms with Crippen molar-refractivity contribution in [1.82, 2.24) is 19.5 Å². The molecule has 0 aliphatic heterocycles. The fraction of sp³-hybridized carbons (Fsp3) is 0.476. The summed E-state index contributed by atoms with van der Waals surface area (Å²) < 4.78 is 29.1. The second kappa shape index (κ2) is 8.27. The third kappa shape index (κ3) is 4.47. The molecule has 0 saturated heterocycles. The highest BCUT2D eigenvalue weighted by Gasteiger charge is 2.50. The smallest absolute Gasteiger partial charge is 0.333 e. The van der Waals surface area contributed by atoms with E-state index in [4.69, 9.17) is 9.32 Å². The molecule has 1 aliphatic rings. The minimum Gasteiger partial charge on any atom is -0.388 e. The van der Waals surface area contributed by atoms with Crippen LogP contribution in [0, 0.1) is 11.8 Å². The van der Waals surface area contributed by atoms with Gasteiger partial charge in [0.25, 0.3) is 0 Å². The number of aliphatic hydroxyl groups is 1. The molecule has 4 rings (SSSR count). The van der Waals surface area contributed by atoms with Crippen molar-refractivity contribution in [3.05, 3.63) is 54.2 Å². The molecule has 2 aromatic heterocycles. The highest BCUT2D eigenvalue weighted by molar-refractivity contribution is 7.84. The minimum absolute atomic E-state index is 0.0728. The van der Waals surface area contributed by atoms with Gasteiger partial charge in [0.15, 0.2) is 5.65 Å². The highest BCUT2D eigenvalue weighted by Crippen LogP contribution is 2.48. The Balaban J connectivity index is 1.59. The largest absolute Gasteiger partial charge is 0.388 e. The number of nitrogens with two attached hydrogens (primary N) is 1. The number of fused-ring (bicyclic) bond motifs is 1. The first-order valence-corrected chi connectivity index (χ1v) is 11.7. The van der Waals surface area contributed by atoms with Crippen LogP contribution >= 0.6 is 0 Å². The molecule has 1 aromatic carbocycles. The zero-order valence-corrected chi connectivity index (χ0v) is 18.4. The molecule has 1 aliphatic carbocycles. The van der Waals surface area contributed by atoms with Gasteiger partial charge in [-0.15, -0.1) is 0 Å². The lowest BCUT2D eigenvalue weighted by Crippen LogP contribution is -2.37. The summed E-state index contributed by atoms with van der Waals surface area (Å²) in [5.41, 5.74) is 2.34. The molecule has 2 heterocycles. The van der Waals surface area contributed by atoms with E-state index >= 15 is 0 Å². The summed E-state index contributed by atoms with van der Waals surface area (Å²) in [6.07, 6.45) is 5.28. The third-order valence-electron chi connectivity index (χ3n) is 6.54. The van der Waals surface area contributed by atoms with E-state index in [9.17, 15) is 13.5 Å². The van der Waals surface area contributed by atoms with E-state index in [0.717, 1.165) is 18.5 Å². The molecule has 0 radical (unpaired) electrons. The van der Waals surface area contributed by atoms with Crippen molar-refractivity contribution in [1.29, 1.82) is 0 Å². The van der Waals surface area contributed by atoms with E-state index in [1.54, 1.807) is 13.3 Å². The van der Waals surface area contributed by atoms with E-state index in [1.807, 2.05) is 29.7 Å². The van der Waals surface area contributed by atoms with Crippen LogP contribution in [0.3, 0.4) is 0 Å². The van der Waals surface area contributed by atoms with Gasteiger partial charge in [0.2, 0.25) is 0 Å². The van der Waals surface area contributed by atoms with Crippen LogP contribution in [0.15, 0.2) is 43.0 Å². The quantitative estimate of drug-likeness (QED) is 0.566. The number of hydrogen-bond donors (Lipinski definition) is 2. The molecule has 4 atom stereocenters. The second-order valence-electron chi connectivity index (χ2n) is 8.43. The molecule has 166 valence electrons. The normalized spacial score (nSPS) is 26.5. The standard InChI is InChI=1S/C21H27N5O4S/c1-14-16(11-30-31(22,28)29)10-18(21(14,2)27)26-13-25-19-17(23-12-24-20(19)26)9-8-15-6-4-3-5-7-15/h3-7,12-14,16,18,27H,8-11H2,1-2H3,(H2,22,28,29)/t14-,16-,18-,21-/m1/s1. The predicted molar refractivity (Wildman–Crippen MR) is 115 cm³/mol. The summed E-state index contributed by atoms with van der Waals surface area (Å²) in [4.78, 5) is 13.4. The fourth-order valence-corrected chi connectivity index (χ4v) is 4.88. The fourth-order valence-electron chi connectivity index (χ4n) is 4.52. The van der Waals surface area contributed by atoms with E-state index in [1.165, 1.54) is 11.9 Å². The van der Waals surface area contributed by atoms with Crippen molar-refractivity contribution < 1.29 is 17.7 Å². The van der Waals surface area contributed by atoms with Crippen LogP contribution in [-0.4, -0.2) is 45.3 Å². The number of rotatable bonds is 7. The molecule has 1 fully saturated rings. The Bertz CT molecular complexity index is 1160. The maximum atomic E-state index is 11.2. The molecular weight excluding hydrogens is 418 g/mol. The summed E-state index contributed by atoms with van der Waals surface area (Å²) in [6, 6.07) is 9.84. The summed E-state index contributed by atoms with van der Waals surface area (Å²) in [5.74, 6) is -0.397. The lowest BCUT2D eigenvalue weighted by molar-refractivity contribution is -0.0155. The van der Waals surface area contributed by atoms with Crippen molar-refractivity contribution in [2.24, 2.45) is 17.0 Å². The number of aromatic nitrogens is 4. The molecule has 0 amide bonds. The first-order valence-electron chi connectivity index (χ1n) is 10.3. The van der Waals surface area contributed by atoms with Crippen LogP contribution in [0.2, 0.25) is 0 Å². The maximum absolute atomic E-state index is 11.2. The Labute approximate surface area is 181 Å². The van der Waals surface area contributed by atoms with Crippen LogP contribution in [0.1, 0.15) is 37.6 Å². The molecule has 3 N–H and O–H groups in total. The molecule has 0 unspecified atom stereocenters. The van der Waals surface area contributed by atoms with Crippen molar-refractivity contribution in [2.45, 2.75) is 44.8 Å². The van der Waals surface area contributed by atoms with E-state index in [2.05, 4.69) is 27.1 Å². The minimum atomic E-state index is -4.03. The van der Waals surface area contributed by atoms with E-state index in [0.29, 0.717) is 17.6 Å². The van der Waals surface area contributed by atoms with E-state index < -0.39 is 15.9 Å². The zero-order valence-electron chi connectivity index (χ0n) is 17.5. The third-order valence-corrected chi connectivity index (χ3v) is 7.00. The molecule has 9 nitrogen and oxygen atoms in total. The zero-order chi connectivity index (χ0) is 22.2. The van der Waals surface area contributed by atoms with Crippen molar-refractivity contribution in [3.63, 3.8) is 0 Å². The van der Waals surface area contributed by atoms with Crippen LogP contribution < -0.4 is 5.14 Å². The molecule has 10 heteroatoms. The highest BCUT2D eigenvalue weighted by atomic mass is 32.2. The molecule has 31 heavy (non-hydrogen) atoms. The second-order valence-corrected chi connectivity index (χ2v) is 9.65. The number of aryl methyl sites for hydroxylation is 2. The van der Waals surface area contributed by atoms with Gasteiger partial charge in [0.05, 0.1) is 30.3 Å². The monoisotopic (exact) mass is 445 g/mol. The Morgan fingerprint density at radius 2 is 1.97 bits per heavy atom. The van der Waals surface area contributed by atoms with Gasteiger partial charge in [0.1, 0.15) is 11.8 Å².